The monoisotopic (exact) mass is 270 g/mol. The topological polar surface area (TPSA) is 66.0 Å². The van der Waals surface area contributed by atoms with E-state index in [-0.39, 0.29) is 5.57 Å². The van der Waals surface area contributed by atoms with E-state index >= 15 is 0 Å². The minimum atomic E-state index is -0.503. The molecule has 0 radical (unpaired) electrons. The van der Waals surface area contributed by atoms with Gasteiger partial charge in [0.15, 0.2) is 0 Å². The number of benzene rings is 1. The van der Waals surface area contributed by atoms with Crippen molar-refractivity contribution in [3.05, 3.63) is 53.5 Å². The van der Waals surface area contributed by atoms with Gasteiger partial charge in [0.2, 0.25) is 0 Å². The average molecular weight is 270 g/mol. The van der Waals surface area contributed by atoms with E-state index in [1.807, 2.05) is 0 Å². The largest absolute Gasteiger partial charge is 0.457 e. The first-order chi connectivity index (χ1) is 9.65. The third-order valence-electron chi connectivity index (χ3n) is 2.64. The quantitative estimate of drug-likeness (QED) is 0.689. The highest BCUT2D eigenvalue weighted by Crippen LogP contribution is 2.25. The van der Waals surface area contributed by atoms with E-state index < -0.39 is 11.7 Å². The van der Waals surface area contributed by atoms with Gasteiger partial charge in [0.1, 0.15) is 29.0 Å². The number of hydrogen-bond donors (Lipinski definition) is 1. The highest BCUT2D eigenvalue weighted by atomic mass is 19.1. The fraction of sp³-hybridized carbons (Fsp3) is 0.0667. The third-order valence-corrected chi connectivity index (χ3v) is 2.64. The van der Waals surface area contributed by atoms with Gasteiger partial charge >= 0.3 is 0 Å². The molecule has 1 aromatic carbocycles. The zero-order valence-electron chi connectivity index (χ0n) is 10.7. The van der Waals surface area contributed by atoms with Gasteiger partial charge in [-0.3, -0.25) is 4.79 Å². The summed E-state index contributed by atoms with van der Waals surface area (Å²) >= 11 is 0. The van der Waals surface area contributed by atoms with Crippen LogP contribution in [-0.4, -0.2) is 13.0 Å². The van der Waals surface area contributed by atoms with Crippen molar-refractivity contribution in [2.45, 2.75) is 0 Å². The summed E-state index contributed by atoms with van der Waals surface area (Å²) in [5, 5.41) is 11.2. The Morgan fingerprint density at radius 2 is 2.10 bits per heavy atom. The van der Waals surface area contributed by atoms with Crippen molar-refractivity contribution in [2.24, 2.45) is 0 Å². The van der Waals surface area contributed by atoms with Crippen LogP contribution in [0, 0.1) is 17.1 Å². The van der Waals surface area contributed by atoms with Crippen LogP contribution in [0.2, 0.25) is 0 Å². The van der Waals surface area contributed by atoms with E-state index in [0.29, 0.717) is 17.1 Å². The second kappa shape index (κ2) is 5.85. The minimum absolute atomic E-state index is 0.0815. The van der Waals surface area contributed by atoms with Crippen molar-refractivity contribution < 1.29 is 13.6 Å². The van der Waals surface area contributed by atoms with Crippen molar-refractivity contribution in [2.75, 3.05) is 7.05 Å². The predicted molar refractivity (Wildman–Crippen MR) is 71.8 cm³/mol. The van der Waals surface area contributed by atoms with E-state index in [1.54, 1.807) is 36.4 Å². The smallest absolute Gasteiger partial charge is 0.261 e. The van der Waals surface area contributed by atoms with Gasteiger partial charge in [-0.05, 0) is 24.3 Å². The normalized spacial score (nSPS) is 10.9. The third kappa shape index (κ3) is 2.75. The van der Waals surface area contributed by atoms with Crippen LogP contribution in [0.15, 0.2) is 46.4 Å². The van der Waals surface area contributed by atoms with Gasteiger partial charge in [0.25, 0.3) is 5.91 Å². The Morgan fingerprint density at radius 3 is 2.75 bits per heavy atom. The number of halogens is 1. The number of nitrogens with zero attached hydrogens (tertiary/aromatic N) is 1. The van der Waals surface area contributed by atoms with E-state index in [1.165, 1.54) is 19.2 Å². The summed E-state index contributed by atoms with van der Waals surface area (Å²) < 4.78 is 19.0. The van der Waals surface area contributed by atoms with Gasteiger partial charge in [-0.1, -0.05) is 12.1 Å². The molecule has 0 saturated heterocycles. The number of furan rings is 1. The second-order valence-corrected chi connectivity index (χ2v) is 3.93. The molecule has 0 fully saturated rings. The molecule has 0 bridgehead atoms. The lowest BCUT2D eigenvalue weighted by Gasteiger charge is -1.98. The summed E-state index contributed by atoms with van der Waals surface area (Å²) in [4.78, 5) is 11.4. The second-order valence-electron chi connectivity index (χ2n) is 3.93. The molecule has 1 amide bonds. The molecule has 0 unspecified atom stereocenters. The van der Waals surface area contributed by atoms with E-state index in [4.69, 9.17) is 9.68 Å². The van der Waals surface area contributed by atoms with E-state index in [9.17, 15) is 9.18 Å². The fourth-order valence-electron chi connectivity index (χ4n) is 1.66. The molecular weight excluding hydrogens is 259 g/mol. The van der Waals surface area contributed by atoms with E-state index in [0.717, 1.165) is 0 Å². The molecule has 2 rings (SSSR count). The molecular formula is C15H11FN2O2. The Kier molecular flexibility index (Phi) is 3.96. The van der Waals surface area contributed by atoms with Crippen LogP contribution in [0.4, 0.5) is 4.39 Å². The van der Waals surface area contributed by atoms with Gasteiger partial charge in [-0.25, -0.2) is 4.39 Å². The van der Waals surface area contributed by atoms with Crippen LogP contribution in [0.3, 0.4) is 0 Å². The summed E-state index contributed by atoms with van der Waals surface area (Å²) in [7, 11) is 1.43. The van der Waals surface area contributed by atoms with E-state index in [2.05, 4.69) is 5.32 Å². The molecule has 0 aliphatic rings. The van der Waals surface area contributed by atoms with Crippen molar-refractivity contribution in [1.29, 1.82) is 5.26 Å². The first kappa shape index (κ1) is 13.6. The molecule has 1 heterocycles. The molecule has 20 heavy (non-hydrogen) atoms. The Hall–Kier alpha value is -2.87. The molecule has 0 spiro atoms. The van der Waals surface area contributed by atoms with Gasteiger partial charge in [-0.15, -0.1) is 0 Å². The number of rotatable bonds is 3. The molecule has 2 aromatic rings. The fourth-order valence-corrected chi connectivity index (χ4v) is 1.66. The number of carbonyl (C=O) groups excluding carboxylic acids is 1. The lowest BCUT2D eigenvalue weighted by molar-refractivity contribution is -0.116. The van der Waals surface area contributed by atoms with Crippen LogP contribution in [0.1, 0.15) is 5.76 Å². The lowest BCUT2D eigenvalue weighted by atomic mass is 10.1. The molecule has 100 valence electrons. The first-order valence-electron chi connectivity index (χ1n) is 5.84. The number of likely N-dealkylation sites (N-methyl/N-ethyl adjacent to an activating group) is 1. The van der Waals surface area contributed by atoms with Crippen LogP contribution in [0.25, 0.3) is 17.4 Å². The molecule has 1 N–H and O–H groups in total. The zero-order valence-corrected chi connectivity index (χ0v) is 10.7. The molecule has 0 atom stereocenters. The summed E-state index contributed by atoms with van der Waals surface area (Å²) in [6.45, 7) is 0. The SMILES string of the molecule is CNC(=O)C(C#N)=Cc1ccc(-c2ccccc2F)o1. The number of amides is 1. The molecule has 0 aliphatic heterocycles. The molecule has 4 nitrogen and oxygen atoms in total. The van der Waals surface area contributed by atoms with Gasteiger partial charge in [-0.2, -0.15) is 5.26 Å². The number of hydrogen-bond acceptors (Lipinski definition) is 3. The number of nitriles is 1. The lowest BCUT2D eigenvalue weighted by Crippen LogP contribution is -2.18. The Labute approximate surface area is 115 Å². The highest BCUT2D eigenvalue weighted by Gasteiger charge is 2.11. The van der Waals surface area contributed by atoms with Gasteiger partial charge in [0.05, 0.1) is 5.56 Å². The zero-order chi connectivity index (χ0) is 14.5. The standard InChI is InChI=1S/C15H11FN2O2/c1-18-15(19)10(9-17)8-11-6-7-14(20-11)12-4-2-3-5-13(12)16/h2-8H,1H3,(H,18,19). The Balaban J connectivity index is 2.35. The van der Waals surface area contributed by atoms with Crippen LogP contribution in [0.5, 0.6) is 0 Å². The molecule has 0 aliphatic carbocycles. The maximum absolute atomic E-state index is 13.6. The van der Waals surface area contributed by atoms with Crippen molar-refractivity contribution >= 4 is 12.0 Å². The highest BCUT2D eigenvalue weighted by molar-refractivity contribution is 6.01. The van der Waals surface area contributed by atoms with Gasteiger partial charge < -0.3 is 9.73 Å². The van der Waals surface area contributed by atoms with Gasteiger partial charge in [0, 0.05) is 13.1 Å². The first-order valence-corrected chi connectivity index (χ1v) is 5.84. The maximum Gasteiger partial charge on any atom is 0.261 e. The predicted octanol–water partition coefficient (Wildman–Crippen LogP) is 2.74. The number of carbonyl (C=O) groups is 1. The van der Waals surface area contributed by atoms with Crippen LogP contribution in [-0.2, 0) is 4.79 Å². The summed E-state index contributed by atoms with van der Waals surface area (Å²) in [5.74, 6) is -0.257. The summed E-state index contributed by atoms with van der Waals surface area (Å²) in [6.07, 6.45) is 1.31. The molecule has 5 heteroatoms. The maximum atomic E-state index is 13.6. The average Bonchev–Trinajstić information content (AvgIpc) is 2.92. The molecule has 0 saturated carbocycles. The minimum Gasteiger partial charge on any atom is -0.457 e. The Bertz CT molecular complexity index is 711. The van der Waals surface area contributed by atoms with Crippen molar-refractivity contribution in [3.63, 3.8) is 0 Å². The van der Waals surface area contributed by atoms with Crippen LogP contribution < -0.4 is 5.32 Å². The summed E-state index contributed by atoms with van der Waals surface area (Å²) in [5.41, 5.74) is 0.243. The Morgan fingerprint density at radius 1 is 1.35 bits per heavy atom. The number of nitrogens with one attached hydrogen (secondary N) is 1. The van der Waals surface area contributed by atoms with Crippen molar-refractivity contribution in [1.82, 2.24) is 5.32 Å². The van der Waals surface area contributed by atoms with Crippen molar-refractivity contribution in [3.8, 4) is 17.4 Å². The van der Waals surface area contributed by atoms with Crippen LogP contribution >= 0.6 is 0 Å². The molecule has 1 aromatic heterocycles. The summed E-state index contributed by atoms with van der Waals surface area (Å²) in [6, 6.07) is 11.1.